The molecule has 0 saturated carbocycles. The van der Waals surface area contributed by atoms with Crippen molar-refractivity contribution < 1.29 is 72.4 Å². The fourth-order valence-electron chi connectivity index (χ4n) is 6.52. The summed E-state index contributed by atoms with van der Waals surface area (Å²) >= 11 is -3.55. The average molecular weight is 737 g/mol. The normalized spacial score (nSPS) is 15.3. The number of benzene rings is 4. The van der Waals surface area contributed by atoms with E-state index in [0.29, 0.717) is 20.8 Å². The molecule has 0 bridgehead atoms. The number of rotatable bonds is 4. The number of alkyl halides is 6. The third kappa shape index (κ3) is 6.59. The van der Waals surface area contributed by atoms with Gasteiger partial charge in [0.05, 0.1) is 0 Å². The van der Waals surface area contributed by atoms with Gasteiger partial charge in [-0.05, 0) is 0 Å². The van der Waals surface area contributed by atoms with Crippen molar-refractivity contribution in [3.05, 3.63) is 145 Å². The molecule has 0 aliphatic heterocycles. The maximum absolute atomic E-state index is 14.0. The first-order valence-electron chi connectivity index (χ1n) is 14.0. The van der Waals surface area contributed by atoms with E-state index in [1.165, 1.54) is 21.0 Å². The van der Waals surface area contributed by atoms with Gasteiger partial charge in [-0.2, -0.15) is 0 Å². The number of hydrogen-bond acceptors (Lipinski definition) is 0. The van der Waals surface area contributed by atoms with Crippen LogP contribution in [0, 0.1) is 5.92 Å². The Morgan fingerprint density at radius 3 is 1.76 bits per heavy atom. The molecule has 0 aromatic heterocycles. The van der Waals surface area contributed by atoms with Gasteiger partial charge < -0.3 is 24.8 Å². The van der Waals surface area contributed by atoms with Crippen LogP contribution in [-0.2, 0) is 40.0 Å². The Labute approximate surface area is 278 Å². The second-order valence-corrected chi connectivity index (χ2v) is 17.0. The molecule has 1 unspecified atom stereocenters. The minimum Gasteiger partial charge on any atom is -1.00 e. The molecule has 0 spiro atoms. The first-order chi connectivity index (χ1) is 20.3. The average Bonchev–Trinajstić information content (AvgIpc) is 3.46. The van der Waals surface area contributed by atoms with Crippen LogP contribution in [0.4, 0.5) is 26.3 Å². The van der Waals surface area contributed by atoms with Crippen molar-refractivity contribution in [2.75, 3.05) is 0 Å². The minimum absolute atomic E-state index is 0. The summed E-state index contributed by atoms with van der Waals surface area (Å²) in [4.78, 5) is 0. The van der Waals surface area contributed by atoms with Gasteiger partial charge in [0.25, 0.3) is 0 Å². The summed E-state index contributed by atoms with van der Waals surface area (Å²) in [6.07, 6.45) is -6.35. The minimum atomic E-state index is -4.60. The zero-order chi connectivity index (χ0) is 30.7. The van der Waals surface area contributed by atoms with E-state index in [2.05, 4.69) is 37.3 Å². The van der Waals surface area contributed by atoms with E-state index in [0.717, 1.165) is 55.4 Å². The molecule has 0 heterocycles. The summed E-state index contributed by atoms with van der Waals surface area (Å²) in [5.41, 5.74) is 5.73. The van der Waals surface area contributed by atoms with E-state index >= 15 is 0 Å². The molecule has 2 aliphatic rings. The van der Waals surface area contributed by atoms with Gasteiger partial charge in [0.2, 0.25) is 0 Å². The zero-order valence-corrected chi connectivity index (χ0v) is 28.5. The molecule has 0 nitrogen and oxygen atoms in total. The number of halogens is 8. The number of fused-ring (bicyclic) bond motifs is 3. The smallest absolute Gasteiger partial charge is 1.00 e. The Balaban J connectivity index is 0.00000230. The molecule has 4 aromatic carbocycles. The van der Waals surface area contributed by atoms with Crippen LogP contribution >= 0.6 is 0 Å². The molecule has 1 atom stereocenters. The number of allylic oxidation sites excluding steroid dienone is 4. The van der Waals surface area contributed by atoms with Gasteiger partial charge >= 0.3 is 256 Å². The fourth-order valence-corrected chi connectivity index (χ4v) is 15.4. The standard InChI is InChI=1S/C15H8F6.C13H9.C8H11.2ClH.Zr/c16-14(17,18)12-5-1-3-10(8-12)7-11-4-2-6-13(9-11)15(19,20)21;1-3-7-12-10(5-1)9-11-6-2-4-8-13(11)12;1-6-4-7(2)8(3)5-6;;;/h1-6,8-9H;1-5,7-8H,9H2;4,6H,1-3H3;2*1H;/q;;;;;+2/p-2. The summed E-state index contributed by atoms with van der Waals surface area (Å²) in [7, 11) is 0. The SMILES string of the molecule is CC1=CC(C)[C]([Zr+2](=[C](c2cccc(C(F)(F)F)c2)c2cccc(C(F)(F)F)c2)[c]2cccc3c2Cc2ccccc2-3)=C1C.[Cl-].[Cl-]. The van der Waals surface area contributed by atoms with Crippen molar-refractivity contribution in [1.82, 2.24) is 0 Å². The Bertz CT molecular complexity index is 1800. The third-order valence-corrected chi connectivity index (χ3v) is 17.0. The van der Waals surface area contributed by atoms with E-state index in [1.807, 2.05) is 32.0 Å². The Hall–Kier alpha value is -2.73. The quantitative estimate of drug-likeness (QED) is 0.248. The van der Waals surface area contributed by atoms with E-state index in [-0.39, 0.29) is 30.7 Å². The van der Waals surface area contributed by atoms with Crippen LogP contribution in [0.2, 0.25) is 0 Å². The molecular weight excluding hydrogens is 709 g/mol. The van der Waals surface area contributed by atoms with Gasteiger partial charge in [0.1, 0.15) is 0 Å². The summed E-state index contributed by atoms with van der Waals surface area (Å²) in [5, 5.41) is 0. The van der Waals surface area contributed by atoms with Crippen molar-refractivity contribution in [2.45, 2.75) is 39.5 Å². The Morgan fingerprint density at radius 1 is 0.689 bits per heavy atom. The third-order valence-electron chi connectivity index (χ3n) is 8.55. The first-order valence-corrected chi connectivity index (χ1v) is 17.7. The summed E-state index contributed by atoms with van der Waals surface area (Å²) in [5.74, 6) is 0.0145. The second kappa shape index (κ2) is 13.2. The predicted molar refractivity (Wildman–Crippen MR) is 156 cm³/mol. The molecule has 6 rings (SSSR count). The largest absolute Gasteiger partial charge is 1.00 e. The van der Waals surface area contributed by atoms with Crippen LogP contribution in [0.1, 0.15) is 54.2 Å². The van der Waals surface area contributed by atoms with E-state index in [1.54, 1.807) is 12.1 Å². The van der Waals surface area contributed by atoms with Crippen LogP contribution in [0.25, 0.3) is 11.1 Å². The maximum Gasteiger partial charge on any atom is -1.00 e. The summed E-state index contributed by atoms with van der Waals surface area (Å²) in [6.45, 7) is 6.15. The van der Waals surface area contributed by atoms with Crippen molar-refractivity contribution >= 4 is 6.48 Å². The topological polar surface area (TPSA) is 0 Å². The van der Waals surface area contributed by atoms with Gasteiger partial charge in [-0.15, -0.1) is 0 Å². The van der Waals surface area contributed by atoms with Crippen molar-refractivity contribution in [3.63, 3.8) is 0 Å². The molecule has 0 N–H and O–H groups in total. The van der Waals surface area contributed by atoms with Crippen LogP contribution in [0.15, 0.2) is 111 Å². The zero-order valence-electron chi connectivity index (χ0n) is 24.5. The molecule has 4 aromatic rings. The predicted octanol–water partition coefficient (Wildman–Crippen LogP) is 3.69. The van der Waals surface area contributed by atoms with E-state index in [9.17, 15) is 26.3 Å². The summed E-state index contributed by atoms with van der Waals surface area (Å²) < 4.78 is 87.0. The second-order valence-electron chi connectivity index (χ2n) is 11.2. The van der Waals surface area contributed by atoms with Crippen molar-refractivity contribution in [1.29, 1.82) is 0 Å². The van der Waals surface area contributed by atoms with Gasteiger partial charge in [-0.3, -0.25) is 0 Å². The number of hydrogen-bond donors (Lipinski definition) is 0. The van der Waals surface area contributed by atoms with Gasteiger partial charge in [0, 0.05) is 0 Å². The van der Waals surface area contributed by atoms with Gasteiger partial charge in [-0.25, -0.2) is 0 Å². The van der Waals surface area contributed by atoms with Crippen LogP contribution in [-0.4, -0.2) is 3.21 Å². The fraction of sp³-hybridized carbons (Fsp3) is 0.194. The summed E-state index contributed by atoms with van der Waals surface area (Å²) in [6, 6.07) is 24.5. The van der Waals surface area contributed by atoms with E-state index < -0.39 is 44.7 Å². The Morgan fingerprint density at radius 2 is 1.22 bits per heavy atom. The monoisotopic (exact) mass is 734 g/mol. The van der Waals surface area contributed by atoms with Crippen molar-refractivity contribution in [2.24, 2.45) is 5.92 Å². The maximum atomic E-state index is 14.0. The molecule has 232 valence electrons. The Kier molecular flexibility index (Phi) is 10.3. The molecular formula is C36H28Cl2F6Zr. The molecule has 0 saturated heterocycles. The molecule has 0 radical (unpaired) electrons. The van der Waals surface area contributed by atoms with Crippen molar-refractivity contribution in [3.8, 4) is 11.1 Å². The van der Waals surface area contributed by atoms with Crippen LogP contribution < -0.4 is 28.1 Å². The molecule has 2 aliphatic carbocycles. The van der Waals surface area contributed by atoms with E-state index in [4.69, 9.17) is 0 Å². The van der Waals surface area contributed by atoms with Crippen LogP contribution in [0.5, 0.6) is 0 Å². The first kappa shape index (κ1) is 35.1. The molecule has 9 heteroatoms. The van der Waals surface area contributed by atoms with Gasteiger partial charge in [0.15, 0.2) is 0 Å². The molecule has 45 heavy (non-hydrogen) atoms. The molecule has 0 amide bonds. The van der Waals surface area contributed by atoms with Gasteiger partial charge in [-0.1, -0.05) is 0 Å². The molecule has 0 fully saturated rings. The van der Waals surface area contributed by atoms with Crippen LogP contribution in [0.3, 0.4) is 0 Å².